The Labute approximate surface area is 123 Å². The van der Waals surface area contributed by atoms with Crippen molar-refractivity contribution in [1.82, 2.24) is 20.1 Å². The molecule has 3 aromatic heterocycles. The van der Waals surface area contributed by atoms with Gasteiger partial charge in [-0.1, -0.05) is 16.9 Å². The van der Waals surface area contributed by atoms with E-state index in [1.165, 1.54) is 24.2 Å². The van der Waals surface area contributed by atoms with Crippen LogP contribution in [0.3, 0.4) is 0 Å². The Morgan fingerprint density at radius 2 is 2.29 bits per heavy atom. The SMILES string of the molecule is N#Cc1cnc(SCc2nc(-c3ccco3)no2)nc1N. The molecule has 0 unspecified atom stereocenters. The van der Waals surface area contributed by atoms with Crippen molar-refractivity contribution < 1.29 is 8.94 Å². The van der Waals surface area contributed by atoms with Gasteiger partial charge in [0.2, 0.25) is 11.7 Å². The summed E-state index contributed by atoms with van der Waals surface area (Å²) in [7, 11) is 0. The minimum absolute atomic E-state index is 0.150. The first-order chi connectivity index (χ1) is 10.3. The molecule has 3 heterocycles. The normalized spacial score (nSPS) is 10.4. The topological polar surface area (TPSA) is 128 Å². The first-order valence-corrected chi connectivity index (χ1v) is 6.76. The van der Waals surface area contributed by atoms with E-state index in [0.717, 1.165) is 0 Å². The lowest BCUT2D eigenvalue weighted by molar-refractivity contribution is 0.390. The fraction of sp³-hybridized carbons (Fsp3) is 0.0833. The lowest BCUT2D eigenvalue weighted by Gasteiger charge is -1.99. The Kier molecular flexibility index (Phi) is 3.53. The van der Waals surface area contributed by atoms with Crippen molar-refractivity contribution in [2.75, 3.05) is 5.73 Å². The summed E-state index contributed by atoms with van der Waals surface area (Å²) in [6.07, 6.45) is 2.92. The summed E-state index contributed by atoms with van der Waals surface area (Å²) in [6, 6.07) is 5.39. The third-order valence-electron chi connectivity index (χ3n) is 2.45. The van der Waals surface area contributed by atoms with E-state index >= 15 is 0 Å². The van der Waals surface area contributed by atoms with Crippen LogP contribution in [-0.2, 0) is 5.75 Å². The van der Waals surface area contributed by atoms with Gasteiger partial charge in [0, 0.05) is 0 Å². The lowest BCUT2D eigenvalue weighted by atomic mass is 10.3. The van der Waals surface area contributed by atoms with Crippen LogP contribution in [0.1, 0.15) is 11.5 Å². The lowest BCUT2D eigenvalue weighted by Crippen LogP contribution is -1.98. The summed E-state index contributed by atoms with van der Waals surface area (Å²) < 4.78 is 10.3. The van der Waals surface area contributed by atoms with Gasteiger partial charge in [0.15, 0.2) is 10.9 Å². The van der Waals surface area contributed by atoms with Gasteiger partial charge in [0.1, 0.15) is 17.5 Å². The van der Waals surface area contributed by atoms with Gasteiger partial charge in [-0.25, -0.2) is 9.97 Å². The van der Waals surface area contributed by atoms with E-state index in [2.05, 4.69) is 20.1 Å². The van der Waals surface area contributed by atoms with Crippen LogP contribution in [0, 0.1) is 11.3 Å². The molecule has 0 fully saturated rings. The molecule has 0 aliphatic rings. The predicted molar refractivity (Wildman–Crippen MR) is 72.7 cm³/mol. The van der Waals surface area contributed by atoms with E-state index in [4.69, 9.17) is 19.9 Å². The largest absolute Gasteiger partial charge is 0.461 e. The van der Waals surface area contributed by atoms with Crippen molar-refractivity contribution in [2.24, 2.45) is 0 Å². The molecule has 3 aromatic rings. The van der Waals surface area contributed by atoms with Gasteiger partial charge in [-0.05, 0) is 12.1 Å². The number of nitrogens with two attached hydrogens (primary N) is 1. The van der Waals surface area contributed by atoms with E-state index in [9.17, 15) is 0 Å². The second-order valence-electron chi connectivity index (χ2n) is 3.84. The van der Waals surface area contributed by atoms with Gasteiger partial charge in [0.25, 0.3) is 0 Å². The summed E-state index contributed by atoms with van der Waals surface area (Å²) in [5.74, 6) is 1.87. The zero-order valence-corrected chi connectivity index (χ0v) is 11.4. The number of anilines is 1. The number of nitrogen functional groups attached to an aromatic ring is 1. The summed E-state index contributed by atoms with van der Waals surface area (Å²) in [5.41, 5.74) is 5.87. The molecule has 3 rings (SSSR count). The zero-order chi connectivity index (χ0) is 14.7. The van der Waals surface area contributed by atoms with Crippen LogP contribution in [-0.4, -0.2) is 20.1 Å². The molecule has 2 N–H and O–H groups in total. The molecule has 8 nitrogen and oxygen atoms in total. The quantitative estimate of drug-likeness (QED) is 0.567. The molecule has 0 aromatic carbocycles. The molecule has 21 heavy (non-hydrogen) atoms. The van der Waals surface area contributed by atoms with E-state index in [1.54, 1.807) is 12.1 Å². The molecular weight excluding hydrogens is 292 g/mol. The number of nitrogens with zero attached hydrogens (tertiary/aromatic N) is 5. The molecular formula is C12H8N6O2S. The highest BCUT2D eigenvalue weighted by Gasteiger charge is 2.12. The summed E-state index contributed by atoms with van der Waals surface area (Å²) in [4.78, 5) is 12.2. The molecule has 0 atom stereocenters. The van der Waals surface area contributed by atoms with Crippen molar-refractivity contribution in [2.45, 2.75) is 10.9 Å². The maximum absolute atomic E-state index is 8.75. The van der Waals surface area contributed by atoms with Crippen molar-refractivity contribution in [3.8, 4) is 17.7 Å². The Bertz CT molecular complexity index is 792. The molecule has 0 aliphatic heterocycles. The molecule has 0 amide bonds. The second kappa shape index (κ2) is 5.64. The summed E-state index contributed by atoms with van der Waals surface area (Å²) in [6.45, 7) is 0. The highest BCUT2D eigenvalue weighted by atomic mass is 32.2. The molecule has 104 valence electrons. The summed E-state index contributed by atoms with van der Waals surface area (Å²) in [5, 5.41) is 13.0. The average molecular weight is 300 g/mol. The zero-order valence-electron chi connectivity index (χ0n) is 10.6. The standard InChI is InChI=1S/C12H8N6O2S/c13-4-7-5-15-12(17-10(7)14)21-6-9-16-11(18-20-9)8-2-1-3-19-8/h1-3,5H,6H2,(H2,14,15,17). The van der Waals surface area contributed by atoms with Gasteiger partial charge < -0.3 is 14.7 Å². The summed E-state index contributed by atoms with van der Waals surface area (Å²) >= 11 is 1.28. The van der Waals surface area contributed by atoms with Gasteiger partial charge in [-0.2, -0.15) is 10.2 Å². The van der Waals surface area contributed by atoms with Crippen LogP contribution in [0.15, 0.2) is 38.7 Å². The van der Waals surface area contributed by atoms with Crippen LogP contribution in [0.5, 0.6) is 0 Å². The van der Waals surface area contributed by atoms with Crippen LogP contribution < -0.4 is 5.73 Å². The first-order valence-electron chi connectivity index (χ1n) is 5.78. The third-order valence-corrected chi connectivity index (χ3v) is 3.30. The van der Waals surface area contributed by atoms with E-state index in [1.807, 2.05) is 6.07 Å². The van der Waals surface area contributed by atoms with E-state index in [0.29, 0.717) is 28.4 Å². The molecule has 9 heteroatoms. The minimum Gasteiger partial charge on any atom is -0.461 e. The van der Waals surface area contributed by atoms with Gasteiger partial charge in [-0.15, -0.1) is 0 Å². The smallest absolute Gasteiger partial charge is 0.238 e. The third kappa shape index (κ3) is 2.85. The molecule has 0 spiro atoms. The van der Waals surface area contributed by atoms with Crippen LogP contribution in [0.4, 0.5) is 5.82 Å². The monoisotopic (exact) mass is 300 g/mol. The average Bonchev–Trinajstić information content (AvgIpc) is 3.16. The number of rotatable bonds is 4. The van der Waals surface area contributed by atoms with E-state index in [-0.39, 0.29) is 11.4 Å². The minimum atomic E-state index is 0.150. The van der Waals surface area contributed by atoms with Crippen molar-refractivity contribution in [1.29, 1.82) is 5.26 Å². The Hall–Kier alpha value is -2.86. The Balaban J connectivity index is 1.68. The molecule has 0 radical (unpaired) electrons. The molecule has 0 bridgehead atoms. The number of hydrogen-bond acceptors (Lipinski definition) is 9. The second-order valence-corrected chi connectivity index (χ2v) is 4.78. The highest BCUT2D eigenvalue weighted by Crippen LogP contribution is 2.22. The van der Waals surface area contributed by atoms with Gasteiger partial charge >= 0.3 is 0 Å². The highest BCUT2D eigenvalue weighted by molar-refractivity contribution is 7.98. The number of thioether (sulfide) groups is 1. The van der Waals surface area contributed by atoms with Crippen molar-refractivity contribution >= 4 is 17.6 Å². The van der Waals surface area contributed by atoms with Crippen LogP contribution >= 0.6 is 11.8 Å². The number of hydrogen-bond donors (Lipinski definition) is 1. The number of furan rings is 1. The van der Waals surface area contributed by atoms with Gasteiger partial charge in [0.05, 0.1) is 18.2 Å². The first kappa shape index (κ1) is 13.1. The van der Waals surface area contributed by atoms with Crippen LogP contribution in [0.25, 0.3) is 11.6 Å². The molecule has 0 saturated carbocycles. The fourth-order valence-corrected chi connectivity index (χ4v) is 2.14. The van der Waals surface area contributed by atoms with E-state index < -0.39 is 0 Å². The number of nitriles is 1. The molecule has 0 saturated heterocycles. The molecule has 0 aliphatic carbocycles. The van der Waals surface area contributed by atoms with Gasteiger partial charge in [-0.3, -0.25) is 0 Å². The predicted octanol–water partition coefficient (Wildman–Crippen LogP) is 1.87. The fourth-order valence-electron chi connectivity index (χ4n) is 1.48. The van der Waals surface area contributed by atoms with Crippen molar-refractivity contribution in [3.05, 3.63) is 36.0 Å². The maximum atomic E-state index is 8.75. The maximum Gasteiger partial charge on any atom is 0.238 e. The Morgan fingerprint density at radius 1 is 1.38 bits per heavy atom. The Morgan fingerprint density at radius 3 is 3.00 bits per heavy atom. The van der Waals surface area contributed by atoms with Crippen LogP contribution in [0.2, 0.25) is 0 Å². The number of aromatic nitrogens is 4. The van der Waals surface area contributed by atoms with Crippen molar-refractivity contribution in [3.63, 3.8) is 0 Å².